The number of piperidine rings is 1. The summed E-state index contributed by atoms with van der Waals surface area (Å²) in [6.07, 6.45) is 5.73. The first-order chi connectivity index (χ1) is 15.7. The zero-order valence-corrected chi connectivity index (χ0v) is 17.5. The van der Waals surface area contributed by atoms with Crippen molar-refractivity contribution < 1.29 is 4.52 Å². The Kier molecular flexibility index (Phi) is 2.92. The molecule has 1 unspecified atom stereocenters. The van der Waals surface area contributed by atoms with Crippen LogP contribution in [-0.2, 0) is 19.0 Å². The van der Waals surface area contributed by atoms with Gasteiger partial charge < -0.3 is 14.0 Å². The Morgan fingerprint density at radius 1 is 1.22 bits per heavy atom. The lowest BCUT2D eigenvalue weighted by molar-refractivity contribution is 0.362. The van der Waals surface area contributed by atoms with Crippen molar-refractivity contribution in [3.63, 3.8) is 0 Å². The van der Waals surface area contributed by atoms with Crippen LogP contribution >= 0.6 is 0 Å². The molecule has 9 rings (SSSR count). The van der Waals surface area contributed by atoms with Crippen molar-refractivity contribution in [2.75, 3.05) is 11.4 Å². The summed E-state index contributed by atoms with van der Waals surface area (Å²) in [4.78, 5) is 28.5. The van der Waals surface area contributed by atoms with E-state index in [1.165, 1.54) is 35.0 Å². The van der Waals surface area contributed by atoms with Crippen molar-refractivity contribution >= 4 is 16.9 Å². The second-order valence-corrected chi connectivity index (χ2v) is 9.75. The number of rotatable bonds is 5. The van der Waals surface area contributed by atoms with Crippen LogP contribution in [0.2, 0.25) is 0 Å². The monoisotopic (exact) mass is 427 g/mol. The van der Waals surface area contributed by atoms with Gasteiger partial charge in [-0.3, -0.25) is 9.36 Å². The fourth-order valence-corrected chi connectivity index (χ4v) is 6.20. The zero-order chi connectivity index (χ0) is 21.2. The second kappa shape index (κ2) is 5.46. The van der Waals surface area contributed by atoms with E-state index in [0.717, 1.165) is 18.3 Å². The number of aryl methyl sites for hydroxylation is 1. The number of hydrogen-bond donors (Lipinski definition) is 0. The van der Waals surface area contributed by atoms with Gasteiger partial charge >= 0.3 is 0 Å². The molecule has 3 saturated carbocycles. The number of anilines is 1. The summed E-state index contributed by atoms with van der Waals surface area (Å²) >= 11 is 0. The quantitative estimate of drug-likeness (QED) is 0.479. The zero-order valence-electron chi connectivity index (χ0n) is 17.5. The number of imidazole rings is 1. The van der Waals surface area contributed by atoms with E-state index in [1.54, 1.807) is 17.9 Å². The summed E-state index contributed by atoms with van der Waals surface area (Å²) in [5, 5.41) is 4.35. The van der Waals surface area contributed by atoms with Crippen LogP contribution in [0.25, 0.3) is 11.2 Å². The van der Waals surface area contributed by atoms with Crippen molar-refractivity contribution in [1.29, 1.82) is 0 Å². The summed E-state index contributed by atoms with van der Waals surface area (Å²) < 4.78 is 8.76. The third kappa shape index (κ3) is 2.02. The lowest BCUT2D eigenvalue weighted by Gasteiger charge is -2.19. The molecule has 0 radical (unpaired) electrons. The standard InChI is InChI=1S/C23H21N7O2/c1-28-10-24-20-18(28)21(31)29(11-25-20)9-16-26-22(27-32-16)23-15-8-30(19(23)17(15)23)14-4-2-3-13(7-14)12-5-6-12/h2-4,7,10-12,15,17,19H,5-6,8-9H2,1H3/t15-,17-,19?,23-/m1/s1. The molecule has 9 nitrogen and oxygen atoms in total. The molecule has 5 fully saturated rings. The van der Waals surface area contributed by atoms with Gasteiger partial charge in [0.05, 0.1) is 11.7 Å². The van der Waals surface area contributed by atoms with Crippen LogP contribution in [0.3, 0.4) is 0 Å². The van der Waals surface area contributed by atoms with Gasteiger partial charge in [0.15, 0.2) is 17.0 Å². The summed E-state index contributed by atoms with van der Waals surface area (Å²) in [6.45, 7) is 1.27. The second-order valence-electron chi connectivity index (χ2n) is 9.75. The molecule has 160 valence electrons. The molecule has 3 aromatic heterocycles. The van der Waals surface area contributed by atoms with Gasteiger partial charge in [-0.25, -0.2) is 9.97 Å². The molecular formula is C23H21N7O2. The largest absolute Gasteiger partial charge is 0.367 e. The molecule has 5 aliphatic rings. The Morgan fingerprint density at radius 2 is 2.09 bits per heavy atom. The van der Waals surface area contributed by atoms with E-state index < -0.39 is 0 Å². The van der Waals surface area contributed by atoms with E-state index in [9.17, 15) is 4.79 Å². The average Bonchev–Trinajstić information content (AvgIpc) is 3.71. The van der Waals surface area contributed by atoms with Crippen LogP contribution in [0.15, 0.2) is 46.2 Å². The molecule has 3 aliphatic carbocycles. The number of benzene rings is 1. The molecular weight excluding hydrogens is 406 g/mol. The summed E-state index contributed by atoms with van der Waals surface area (Å²) in [7, 11) is 1.79. The van der Waals surface area contributed by atoms with Gasteiger partial charge in [0.2, 0.25) is 5.89 Å². The number of nitrogens with zero attached hydrogens (tertiary/aromatic N) is 7. The van der Waals surface area contributed by atoms with Gasteiger partial charge in [0.1, 0.15) is 12.9 Å². The minimum Gasteiger partial charge on any atom is -0.367 e. The van der Waals surface area contributed by atoms with Crippen LogP contribution in [0.1, 0.15) is 36.0 Å². The summed E-state index contributed by atoms with van der Waals surface area (Å²) in [5.74, 6) is 3.25. The molecule has 2 aliphatic heterocycles. The maximum Gasteiger partial charge on any atom is 0.280 e. The normalized spacial score (nSPS) is 29.5. The molecule has 2 bridgehead atoms. The van der Waals surface area contributed by atoms with Gasteiger partial charge in [-0.05, 0) is 42.4 Å². The van der Waals surface area contributed by atoms with E-state index in [1.807, 2.05) is 0 Å². The number of fused-ring (bicyclic) bond motifs is 2. The molecule has 9 heteroatoms. The van der Waals surface area contributed by atoms with E-state index in [-0.39, 0.29) is 17.5 Å². The molecule has 32 heavy (non-hydrogen) atoms. The molecule has 5 heterocycles. The van der Waals surface area contributed by atoms with Gasteiger partial charge in [-0.1, -0.05) is 17.3 Å². The Bertz CT molecular complexity index is 1480. The highest BCUT2D eigenvalue weighted by atomic mass is 16.5. The van der Waals surface area contributed by atoms with Crippen molar-refractivity contribution in [3.05, 3.63) is 64.6 Å². The van der Waals surface area contributed by atoms with Gasteiger partial charge in [-0.2, -0.15) is 4.98 Å². The van der Waals surface area contributed by atoms with Crippen LogP contribution in [0.4, 0.5) is 5.69 Å². The topological polar surface area (TPSA) is 94.9 Å². The number of hydrogen-bond acceptors (Lipinski definition) is 7. The molecule has 0 spiro atoms. The van der Waals surface area contributed by atoms with E-state index in [2.05, 4.69) is 44.3 Å². The Hall–Kier alpha value is -3.49. The third-order valence-corrected chi connectivity index (χ3v) is 8.05. The van der Waals surface area contributed by atoms with Crippen LogP contribution in [0, 0.1) is 11.8 Å². The van der Waals surface area contributed by atoms with Crippen molar-refractivity contribution in [2.45, 2.75) is 36.8 Å². The van der Waals surface area contributed by atoms with Gasteiger partial charge in [-0.15, -0.1) is 0 Å². The van der Waals surface area contributed by atoms with Crippen molar-refractivity contribution in [2.24, 2.45) is 18.9 Å². The first kappa shape index (κ1) is 17.1. The summed E-state index contributed by atoms with van der Waals surface area (Å²) in [6, 6.07) is 9.53. The minimum absolute atomic E-state index is 0.0482. The molecule has 2 saturated heterocycles. The molecule has 0 amide bonds. The highest BCUT2D eigenvalue weighted by Gasteiger charge is 2.95. The van der Waals surface area contributed by atoms with E-state index in [4.69, 9.17) is 9.51 Å². The fourth-order valence-electron chi connectivity index (χ4n) is 6.20. The highest BCUT2D eigenvalue weighted by Crippen LogP contribution is 2.85. The third-order valence-electron chi connectivity index (χ3n) is 8.05. The van der Waals surface area contributed by atoms with Crippen LogP contribution < -0.4 is 10.5 Å². The van der Waals surface area contributed by atoms with Crippen LogP contribution in [0.5, 0.6) is 0 Å². The molecule has 4 atom stereocenters. The minimum atomic E-state index is -0.162. The summed E-state index contributed by atoms with van der Waals surface area (Å²) in [5.41, 5.74) is 3.61. The first-order valence-electron chi connectivity index (χ1n) is 11.2. The number of aromatic nitrogens is 6. The lowest BCUT2D eigenvalue weighted by Crippen LogP contribution is -2.23. The highest BCUT2D eigenvalue weighted by molar-refractivity contribution is 5.69. The predicted molar refractivity (Wildman–Crippen MR) is 114 cm³/mol. The van der Waals surface area contributed by atoms with E-state index in [0.29, 0.717) is 34.9 Å². The molecule has 1 aromatic carbocycles. The molecule has 0 N–H and O–H groups in total. The maximum absolute atomic E-state index is 12.8. The lowest BCUT2D eigenvalue weighted by atomic mass is 10.1. The molecule has 4 aromatic rings. The smallest absolute Gasteiger partial charge is 0.280 e. The van der Waals surface area contributed by atoms with Crippen LogP contribution in [-0.4, -0.2) is 41.8 Å². The SMILES string of the molecule is Cn1cnc2ncn(Cc3nc([C@@]45C6[C@H]4[C@H]5CN6c4cccc(C5CC5)c4)no3)c(=O)c21. The Morgan fingerprint density at radius 3 is 2.94 bits per heavy atom. The van der Waals surface area contributed by atoms with Gasteiger partial charge in [0, 0.05) is 31.2 Å². The first-order valence-corrected chi connectivity index (χ1v) is 11.2. The van der Waals surface area contributed by atoms with Crippen molar-refractivity contribution in [3.8, 4) is 0 Å². The predicted octanol–water partition coefficient (Wildman–Crippen LogP) is 1.82. The van der Waals surface area contributed by atoms with Gasteiger partial charge in [0.25, 0.3) is 5.56 Å². The maximum atomic E-state index is 12.8. The fraction of sp³-hybridized carbons (Fsp3) is 0.435. The van der Waals surface area contributed by atoms with Crippen molar-refractivity contribution in [1.82, 2.24) is 29.2 Å². The van der Waals surface area contributed by atoms with E-state index >= 15 is 0 Å². The average molecular weight is 427 g/mol. The Balaban J connectivity index is 1.06. The Labute approximate surface area is 182 Å².